The minimum atomic E-state index is -0.416. The molecule has 0 bridgehead atoms. The van der Waals surface area contributed by atoms with Crippen molar-refractivity contribution in [1.82, 2.24) is 15.1 Å². The van der Waals surface area contributed by atoms with Crippen LogP contribution in [0.25, 0.3) is 11.5 Å². The summed E-state index contributed by atoms with van der Waals surface area (Å²) in [6, 6.07) is 5.96. The summed E-state index contributed by atoms with van der Waals surface area (Å²) in [6.07, 6.45) is 3.94. The van der Waals surface area contributed by atoms with Crippen LogP contribution in [0.1, 0.15) is 31.2 Å². The van der Waals surface area contributed by atoms with Crippen molar-refractivity contribution in [3.8, 4) is 11.5 Å². The Morgan fingerprint density at radius 3 is 2.95 bits per heavy atom. The smallest absolute Gasteiger partial charge is 0.250 e. The Labute approximate surface area is 127 Å². The molecule has 1 aliphatic rings. The molecule has 1 aromatic carbocycles. The van der Waals surface area contributed by atoms with Crippen molar-refractivity contribution in [1.29, 1.82) is 0 Å². The Hall–Kier alpha value is -2.50. The highest BCUT2D eigenvalue weighted by atomic mass is 19.1. The van der Waals surface area contributed by atoms with Crippen LogP contribution >= 0.6 is 0 Å². The summed E-state index contributed by atoms with van der Waals surface area (Å²) in [5.74, 6) is -0.103. The summed E-state index contributed by atoms with van der Waals surface area (Å²) in [5, 5.41) is 7.93. The molecule has 1 unspecified atom stereocenters. The van der Waals surface area contributed by atoms with E-state index in [0.717, 1.165) is 19.3 Å². The van der Waals surface area contributed by atoms with Crippen molar-refractivity contribution in [3.05, 3.63) is 48.6 Å². The third-order valence-electron chi connectivity index (χ3n) is 3.79. The van der Waals surface area contributed by atoms with Gasteiger partial charge in [-0.25, -0.2) is 4.39 Å². The molecule has 22 heavy (non-hydrogen) atoms. The second-order valence-corrected chi connectivity index (χ2v) is 5.17. The SMILES string of the molecule is C=CC(=O)N1CCCCC1c1nnc(-c2ccccc2F)o1. The average Bonchev–Trinajstić information content (AvgIpc) is 3.04. The number of aromatic nitrogens is 2. The predicted molar refractivity (Wildman–Crippen MR) is 78.2 cm³/mol. The Kier molecular flexibility index (Phi) is 4.00. The molecule has 1 saturated heterocycles. The van der Waals surface area contributed by atoms with Crippen LogP contribution in [0.2, 0.25) is 0 Å². The van der Waals surface area contributed by atoms with Gasteiger partial charge in [-0.1, -0.05) is 18.7 Å². The van der Waals surface area contributed by atoms with Crippen molar-refractivity contribution in [2.24, 2.45) is 0 Å². The van der Waals surface area contributed by atoms with Gasteiger partial charge in [-0.15, -0.1) is 10.2 Å². The lowest BCUT2D eigenvalue weighted by Gasteiger charge is -2.32. The summed E-state index contributed by atoms with van der Waals surface area (Å²) in [7, 11) is 0. The molecule has 1 fully saturated rings. The third-order valence-corrected chi connectivity index (χ3v) is 3.79. The fourth-order valence-electron chi connectivity index (χ4n) is 2.68. The lowest BCUT2D eigenvalue weighted by atomic mass is 10.0. The summed E-state index contributed by atoms with van der Waals surface area (Å²) in [6.45, 7) is 4.15. The minimum Gasteiger partial charge on any atom is -0.418 e. The first kappa shape index (κ1) is 14.4. The minimum absolute atomic E-state index is 0.129. The van der Waals surface area contributed by atoms with Gasteiger partial charge in [0.25, 0.3) is 5.89 Å². The van der Waals surface area contributed by atoms with Gasteiger partial charge in [0.2, 0.25) is 11.8 Å². The molecule has 2 heterocycles. The monoisotopic (exact) mass is 301 g/mol. The topological polar surface area (TPSA) is 59.2 Å². The number of halogens is 1. The molecule has 1 amide bonds. The van der Waals surface area contributed by atoms with Crippen molar-refractivity contribution < 1.29 is 13.6 Å². The fraction of sp³-hybridized carbons (Fsp3) is 0.312. The second kappa shape index (κ2) is 6.09. The number of nitrogens with zero attached hydrogens (tertiary/aromatic N) is 3. The van der Waals surface area contributed by atoms with Gasteiger partial charge >= 0.3 is 0 Å². The highest BCUT2D eigenvalue weighted by Crippen LogP contribution is 2.32. The van der Waals surface area contributed by atoms with Crippen LogP contribution in [-0.4, -0.2) is 27.5 Å². The molecule has 2 aromatic rings. The Balaban J connectivity index is 1.90. The number of piperidine rings is 1. The van der Waals surface area contributed by atoms with Crippen molar-refractivity contribution in [2.45, 2.75) is 25.3 Å². The number of hydrogen-bond donors (Lipinski definition) is 0. The standard InChI is InChI=1S/C16H16FN3O2/c1-2-14(21)20-10-6-5-9-13(20)16-19-18-15(22-16)11-7-3-4-8-12(11)17/h2-4,7-8,13H,1,5-6,9-10H2. The van der Waals surface area contributed by atoms with E-state index in [9.17, 15) is 9.18 Å². The number of likely N-dealkylation sites (tertiary alicyclic amines) is 1. The first-order valence-corrected chi connectivity index (χ1v) is 7.22. The fourth-order valence-corrected chi connectivity index (χ4v) is 2.68. The normalized spacial score (nSPS) is 18.2. The summed E-state index contributed by atoms with van der Waals surface area (Å²) in [5.41, 5.74) is 0.263. The van der Waals surface area contributed by atoms with Crippen LogP contribution in [0.5, 0.6) is 0 Å². The van der Waals surface area contributed by atoms with E-state index >= 15 is 0 Å². The van der Waals surface area contributed by atoms with E-state index in [2.05, 4.69) is 16.8 Å². The van der Waals surface area contributed by atoms with Crippen molar-refractivity contribution >= 4 is 5.91 Å². The van der Waals surface area contributed by atoms with E-state index in [-0.39, 0.29) is 23.4 Å². The molecule has 0 N–H and O–H groups in total. The van der Waals surface area contributed by atoms with Crippen molar-refractivity contribution in [3.63, 3.8) is 0 Å². The van der Waals surface area contributed by atoms with Gasteiger partial charge in [0.15, 0.2) is 0 Å². The van der Waals surface area contributed by atoms with Gasteiger partial charge < -0.3 is 9.32 Å². The highest BCUT2D eigenvalue weighted by molar-refractivity contribution is 5.87. The first-order valence-electron chi connectivity index (χ1n) is 7.22. The van der Waals surface area contributed by atoms with E-state index < -0.39 is 5.82 Å². The van der Waals surface area contributed by atoms with Gasteiger partial charge in [-0.3, -0.25) is 4.79 Å². The number of benzene rings is 1. The maximum absolute atomic E-state index is 13.8. The van der Waals surface area contributed by atoms with Crippen LogP contribution in [-0.2, 0) is 4.79 Å². The van der Waals surface area contributed by atoms with Gasteiger partial charge in [0, 0.05) is 6.54 Å². The molecular formula is C16H16FN3O2. The Bertz CT molecular complexity index is 698. The summed E-state index contributed by atoms with van der Waals surface area (Å²) >= 11 is 0. The number of carbonyl (C=O) groups excluding carboxylic acids is 1. The molecule has 3 rings (SSSR count). The maximum Gasteiger partial charge on any atom is 0.250 e. The Morgan fingerprint density at radius 1 is 1.36 bits per heavy atom. The maximum atomic E-state index is 13.8. The first-order chi connectivity index (χ1) is 10.7. The van der Waals surface area contributed by atoms with E-state index in [4.69, 9.17) is 4.42 Å². The zero-order valence-corrected chi connectivity index (χ0v) is 12.0. The van der Waals surface area contributed by atoms with Gasteiger partial charge in [0.1, 0.15) is 11.9 Å². The van der Waals surface area contributed by atoms with Gasteiger partial charge in [-0.2, -0.15) is 0 Å². The van der Waals surface area contributed by atoms with Crippen LogP contribution < -0.4 is 0 Å². The third kappa shape index (κ3) is 2.64. The molecule has 0 saturated carbocycles. The van der Waals surface area contributed by atoms with E-state index in [1.807, 2.05) is 0 Å². The molecule has 114 valence electrons. The number of carbonyl (C=O) groups is 1. The molecule has 0 aliphatic carbocycles. The molecule has 1 atom stereocenters. The largest absolute Gasteiger partial charge is 0.418 e. The number of amides is 1. The zero-order chi connectivity index (χ0) is 15.5. The molecule has 0 radical (unpaired) electrons. The van der Waals surface area contributed by atoms with Gasteiger partial charge in [0.05, 0.1) is 5.56 Å². The summed E-state index contributed by atoms with van der Waals surface area (Å²) in [4.78, 5) is 13.6. The van der Waals surface area contributed by atoms with Crippen LogP contribution in [0.4, 0.5) is 4.39 Å². The van der Waals surface area contributed by atoms with E-state index in [1.54, 1.807) is 23.1 Å². The second-order valence-electron chi connectivity index (χ2n) is 5.17. The van der Waals surface area contributed by atoms with Crippen LogP contribution in [0.15, 0.2) is 41.3 Å². The molecule has 6 heteroatoms. The quantitative estimate of drug-likeness (QED) is 0.817. The number of rotatable bonds is 3. The Morgan fingerprint density at radius 2 is 2.18 bits per heavy atom. The van der Waals surface area contributed by atoms with E-state index in [1.165, 1.54) is 12.1 Å². The lowest BCUT2D eigenvalue weighted by Crippen LogP contribution is -2.37. The number of hydrogen-bond acceptors (Lipinski definition) is 4. The van der Waals surface area contributed by atoms with Crippen molar-refractivity contribution in [2.75, 3.05) is 6.54 Å². The lowest BCUT2D eigenvalue weighted by molar-refractivity contribution is -0.130. The summed E-state index contributed by atoms with van der Waals surface area (Å²) < 4.78 is 19.4. The van der Waals surface area contributed by atoms with Gasteiger partial charge in [-0.05, 0) is 37.5 Å². The molecular weight excluding hydrogens is 285 g/mol. The highest BCUT2D eigenvalue weighted by Gasteiger charge is 2.31. The molecule has 1 aromatic heterocycles. The van der Waals surface area contributed by atoms with Crippen LogP contribution in [0.3, 0.4) is 0 Å². The van der Waals surface area contributed by atoms with Crippen LogP contribution in [0, 0.1) is 5.82 Å². The average molecular weight is 301 g/mol. The molecule has 5 nitrogen and oxygen atoms in total. The van der Waals surface area contributed by atoms with E-state index in [0.29, 0.717) is 12.4 Å². The predicted octanol–water partition coefficient (Wildman–Crippen LogP) is 3.12. The zero-order valence-electron chi connectivity index (χ0n) is 12.0. The molecule has 0 spiro atoms. The molecule has 1 aliphatic heterocycles.